The number of alkyl halides is 4. The molecular weight excluding hydrogens is 1130 g/mol. The summed E-state index contributed by atoms with van der Waals surface area (Å²) in [6, 6.07) is 0. The van der Waals surface area contributed by atoms with Gasteiger partial charge in [-0.1, -0.05) is 71.3 Å². The number of ether oxygens (including phenoxy) is 8. The number of hydrogen-bond acceptors (Lipinski definition) is 19. The molecule has 2 saturated carbocycles. The average molecular weight is 1230 g/mol. The van der Waals surface area contributed by atoms with Gasteiger partial charge in [0.05, 0.1) is 32.6 Å². The Balaban J connectivity index is -0.00000124. The minimum atomic E-state index is -3.40. The molecule has 3 unspecified atom stereocenters. The molecule has 19 nitrogen and oxygen atoms in total. The van der Waals surface area contributed by atoms with E-state index in [1.807, 2.05) is 6.92 Å². The Hall–Kier alpha value is -3.26. The minimum Gasteiger partial charge on any atom is -1.00 e. The van der Waals surface area contributed by atoms with Crippen molar-refractivity contribution < 1.29 is 119 Å². The van der Waals surface area contributed by atoms with Crippen molar-refractivity contribution in [1.82, 2.24) is 0 Å². The van der Waals surface area contributed by atoms with Gasteiger partial charge in [-0.05, 0) is 89.8 Å². The summed E-state index contributed by atoms with van der Waals surface area (Å²) in [5.74, 6) is -10.8. The number of allylic oxidation sites excluding steroid dienone is 1. The van der Waals surface area contributed by atoms with Crippen molar-refractivity contribution >= 4 is 49.9 Å². The molecule has 2 aliphatic carbocycles. The van der Waals surface area contributed by atoms with Crippen molar-refractivity contribution in [3.05, 3.63) is 22.1 Å². The zero-order chi connectivity index (χ0) is 62.8. The monoisotopic (exact) mass is 1230 g/mol. The van der Waals surface area contributed by atoms with Crippen LogP contribution in [-0.4, -0.2) is 150 Å². The third kappa shape index (κ3) is 34.3. The molecule has 2 aliphatic heterocycles. The van der Waals surface area contributed by atoms with Crippen LogP contribution in [0.2, 0.25) is 0 Å². The summed E-state index contributed by atoms with van der Waals surface area (Å²) < 4.78 is 104. The molecule has 484 valence electrons. The molecule has 0 radical (unpaired) electrons. The van der Waals surface area contributed by atoms with E-state index in [0.29, 0.717) is 64.6 Å². The van der Waals surface area contributed by atoms with Gasteiger partial charge in [0.15, 0.2) is 12.6 Å². The maximum atomic E-state index is 14.3. The van der Waals surface area contributed by atoms with Crippen molar-refractivity contribution in [2.45, 2.75) is 243 Å². The van der Waals surface area contributed by atoms with Crippen LogP contribution in [0.25, 0.3) is 0 Å². The fourth-order valence-electron chi connectivity index (χ4n) is 10.4. The van der Waals surface area contributed by atoms with Crippen molar-refractivity contribution in [2.75, 3.05) is 54.5 Å². The maximum Gasteiger partial charge on any atom is 1.00 e. The molecule has 11 atom stereocenters. The molecule has 0 spiro atoms. The number of hydrogen-bond donors (Lipinski definition) is 1. The van der Waals surface area contributed by atoms with Crippen LogP contribution in [0.4, 0.5) is 17.6 Å². The fourth-order valence-corrected chi connectivity index (χ4v) is 11.1. The molecule has 0 aromatic rings. The molecule has 4 aliphatic rings. The first-order chi connectivity index (χ1) is 39.7. The third-order valence-corrected chi connectivity index (χ3v) is 16.2. The van der Waals surface area contributed by atoms with Gasteiger partial charge in [-0.15, -0.1) is 0 Å². The summed E-state index contributed by atoms with van der Waals surface area (Å²) in [6.07, 6.45) is 18.1. The van der Waals surface area contributed by atoms with Gasteiger partial charge < -0.3 is 53.7 Å². The number of carbonyl (C=O) groups is 7. The van der Waals surface area contributed by atoms with E-state index >= 15 is 0 Å². The SMILES string of the molecule is CCCCC(F)(F)C(=O)/C=C/[C@@H]1[C@@H](CCCCCCC(=O)OC)[C@@H](OC(C)=O)C[C@H]1OC1CCCCO1.CCCCC(F)(F)C(=O)CP(C)OC.CO.COC(=O)CCCCCC[C@@H]1[C@@H](C=O)[C@H](OC2CCCCO2)C[C@@H]1OC(C)=O.O=O.[H-].[Li+]. The van der Waals surface area contributed by atoms with Crippen LogP contribution in [0, 0.1) is 33.6 Å². The predicted octanol–water partition coefficient (Wildman–Crippen LogP) is 8.96. The fraction of sp³-hybridized carbons (Fsp3) is 0.847. The number of carbonyl (C=O) groups excluding carboxylic acids is 7. The molecule has 0 amide bonds. The van der Waals surface area contributed by atoms with E-state index in [2.05, 4.69) is 9.47 Å². The van der Waals surface area contributed by atoms with Gasteiger partial charge in [0.25, 0.3) is 0 Å². The summed E-state index contributed by atoms with van der Waals surface area (Å²) in [4.78, 5) is 95.2. The smallest absolute Gasteiger partial charge is 1.00 e. The van der Waals surface area contributed by atoms with E-state index in [4.69, 9.17) is 48.0 Å². The van der Waals surface area contributed by atoms with E-state index in [1.54, 1.807) is 19.7 Å². The Labute approximate surface area is 510 Å². The van der Waals surface area contributed by atoms with Crippen LogP contribution in [0.15, 0.2) is 12.2 Å². The second-order valence-corrected chi connectivity index (χ2v) is 23.1. The van der Waals surface area contributed by atoms with Crippen molar-refractivity contribution in [2.24, 2.45) is 23.7 Å². The van der Waals surface area contributed by atoms with Gasteiger partial charge in [0.2, 0.25) is 11.6 Å². The van der Waals surface area contributed by atoms with E-state index in [9.17, 15) is 51.1 Å². The molecule has 0 aromatic heterocycles. The Morgan fingerprint density at radius 1 is 0.619 bits per heavy atom. The maximum absolute atomic E-state index is 14.3. The normalized spacial score (nSPS) is 24.1. The molecule has 25 heteroatoms. The first-order valence-electron chi connectivity index (χ1n) is 29.5. The van der Waals surface area contributed by atoms with Crippen molar-refractivity contribution in [3.63, 3.8) is 0 Å². The van der Waals surface area contributed by atoms with E-state index in [1.165, 1.54) is 35.2 Å². The Bertz CT molecular complexity index is 1850. The number of aldehydes is 1. The van der Waals surface area contributed by atoms with Gasteiger partial charge in [-0.25, -0.2) is 0 Å². The largest absolute Gasteiger partial charge is 1.00 e. The number of rotatable bonds is 34. The molecule has 2 heterocycles. The van der Waals surface area contributed by atoms with E-state index in [-0.39, 0.29) is 99.4 Å². The number of halogens is 4. The summed E-state index contributed by atoms with van der Waals surface area (Å²) in [5, 5.41) is 7.00. The second kappa shape index (κ2) is 48.7. The van der Waals surface area contributed by atoms with Crippen LogP contribution in [0.3, 0.4) is 0 Å². The molecule has 4 fully saturated rings. The zero-order valence-corrected chi connectivity index (χ0v) is 52.7. The Kier molecular flexibility index (Phi) is 48.0. The number of esters is 4. The second-order valence-electron chi connectivity index (χ2n) is 21.1. The van der Waals surface area contributed by atoms with E-state index < -0.39 is 62.4 Å². The first-order valence-corrected chi connectivity index (χ1v) is 31.4. The number of Topliss-reactive ketones (excluding diaryl/α,β-unsaturated/α-hetero) is 1. The topological polar surface area (TPSA) is 257 Å². The van der Waals surface area contributed by atoms with Gasteiger partial charge in [0, 0.05) is 122 Å². The van der Waals surface area contributed by atoms with Crippen LogP contribution in [-0.2, 0) is 76.0 Å². The van der Waals surface area contributed by atoms with Gasteiger partial charge in [-0.2, -0.15) is 17.6 Å². The molecule has 0 bridgehead atoms. The van der Waals surface area contributed by atoms with Crippen molar-refractivity contribution in [1.29, 1.82) is 0 Å². The Morgan fingerprint density at radius 3 is 1.42 bits per heavy atom. The number of unbranched alkanes of at least 4 members (excludes halogenated alkanes) is 8. The average Bonchev–Trinajstić information content (AvgIpc) is 3.79. The molecule has 1 N–H and O–H groups in total. The number of ketones is 2. The molecular formula is C59H100F4LiO19P. The van der Waals surface area contributed by atoms with Gasteiger partial charge >= 0.3 is 54.6 Å². The van der Waals surface area contributed by atoms with Gasteiger partial charge in [-0.3, -0.25) is 28.8 Å². The number of aliphatic hydroxyl groups excluding tert-OH is 1. The van der Waals surface area contributed by atoms with Crippen LogP contribution in [0.5, 0.6) is 0 Å². The molecule has 84 heavy (non-hydrogen) atoms. The third-order valence-electron chi connectivity index (χ3n) is 14.8. The number of aliphatic hydroxyl groups is 1. The van der Waals surface area contributed by atoms with Gasteiger partial charge in [0.1, 0.15) is 18.5 Å². The standard InChI is InChI=1S/C28H44F2O7.C21H34O7.C9H17F2O2P.CH4O.Li.O2.H/c1-4-5-17-28(29,30)25(32)16-15-22-21(12-8-6-7-9-13-26(33)34-3)23(36-20(2)31)19-24(22)37-27-14-10-11-18-35-27;1-15(23)27-18-13-19(28-21-11-7-8-12-26-21)17(14-22)16(18)9-5-3-4-6-10-20(24)25-2;1-4-5-6-9(10,11)8(12)7-14(3)13-2;1-2;;1-2;/h15-16,21-24,27H,4-14,17-19H2,1-3H3;14,16-19,21H,3-13H2,1-2H3;4-7H2,1-3H3;2H,1H3;;;/q;;;;+1;;-1/b16-15+;;;;;;/t21-,22-,23+,24-,27?;16-,17-,18+,19-,21?;;;;;/m11...../s1. The number of methoxy groups -OCH3 is 2. The first kappa shape index (κ1) is 82.8. The summed E-state index contributed by atoms with van der Waals surface area (Å²) in [7, 11) is 4.17. The molecule has 0 aromatic carbocycles. The summed E-state index contributed by atoms with van der Waals surface area (Å²) >= 11 is 0. The predicted molar refractivity (Wildman–Crippen MR) is 306 cm³/mol. The van der Waals surface area contributed by atoms with Crippen LogP contribution >= 0.6 is 8.15 Å². The van der Waals surface area contributed by atoms with Crippen LogP contribution in [0.1, 0.15) is 196 Å². The quantitative estimate of drug-likeness (QED) is 0.00921. The van der Waals surface area contributed by atoms with E-state index in [0.717, 1.165) is 116 Å². The van der Waals surface area contributed by atoms with Crippen molar-refractivity contribution in [3.8, 4) is 0 Å². The minimum absolute atomic E-state index is 0. The zero-order valence-electron chi connectivity index (χ0n) is 52.8. The molecule has 2 saturated heterocycles. The Morgan fingerprint density at radius 2 is 1.04 bits per heavy atom. The molecule has 4 rings (SSSR count). The summed E-state index contributed by atoms with van der Waals surface area (Å²) in [6.45, 7) is 9.34. The van der Waals surface area contributed by atoms with Crippen LogP contribution < -0.4 is 18.9 Å². The summed E-state index contributed by atoms with van der Waals surface area (Å²) in [5.41, 5.74) is 0.